The highest BCUT2D eigenvalue weighted by atomic mass is 16.5. The number of hydrogen-bond donors (Lipinski definition) is 1. The SMILES string of the molecule is CC[C@@H](NC(=O)c1ccc(-c2nccnc2OC)cc1)c1ccnn1C. The number of carbonyl (C=O) groups excluding carboxylic acids is 1. The van der Waals surface area contributed by atoms with Gasteiger partial charge in [-0.1, -0.05) is 19.1 Å². The number of benzene rings is 1. The summed E-state index contributed by atoms with van der Waals surface area (Å²) in [5.74, 6) is 0.322. The normalized spacial score (nSPS) is 11.8. The molecule has 0 aliphatic heterocycles. The van der Waals surface area contributed by atoms with E-state index in [0.29, 0.717) is 17.1 Å². The quantitative estimate of drug-likeness (QED) is 0.738. The molecule has 2 aromatic heterocycles. The molecule has 0 fully saturated rings. The van der Waals surface area contributed by atoms with Crippen LogP contribution in [0.5, 0.6) is 5.88 Å². The third kappa shape index (κ3) is 3.56. The van der Waals surface area contributed by atoms with Gasteiger partial charge in [-0.3, -0.25) is 9.48 Å². The van der Waals surface area contributed by atoms with Crippen LogP contribution in [0.1, 0.15) is 35.4 Å². The number of aromatic nitrogens is 4. The van der Waals surface area contributed by atoms with Gasteiger partial charge in [-0.2, -0.15) is 5.10 Å². The van der Waals surface area contributed by atoms with Gasteiger partial charge in [0.25, 0.3) is 5.91 Å². The first-order valence-corrected chi connectivity index (χ1v) is 8.38. The number of nitrogens with zero attached hydrogens (tertiary/aromatic N) is 4. The van der Waals surface area contributed by atoms with E-state index in [4.69, 9.17) is 4.74 Å². The van der Waals surface area contributed by atoms with Gasteiger partial charge in [-0.15, -0.1) is 0 Å². The maximum Gasteiger partial charge on any atom is 0.251 e. The standard InChI is InChI=1S/C19H21N5O2/c1-4-15(16-9-10-22-24(16)2)23-18(25)14-7-5-13(6-8-14)17-19(26-3)21-12-11-20-17/h5-12,15H,4H2,1-3H3,(H,23,25)/t15-/m1/s1. The molecule has 1 aromatic carbocycles. The Bertz CT molecular complexity index is 889. The highest BCUT2D eigenvalue weighted by Crippen LogP contribution is 2.25. The minimum Gasteiger partial charge on any atom is -0.479 e. The van der Waals surface area contributed by atoms with Crippen molar-refractivity contribution in [2.75, 3.05) is 7.11 Å². The van der Waals surface area contributed by atoms with E-state index in [1.54, 1.807) is 42.5 Å². The van der Waals surface area contributed by atoms with Gasteiger partial charge in [0, 0.05) is 36.8 Å². The van der Waals surface area contributed by atoms with Gasteiger partial charge in [0.15, 0.2) is 0 Å². The Morgan fingerprint density at radius 2 is 1.88 bits per heavy atom. The summed E-state index contributed by atoms with van der Waals surface area (Å²) in [5, 5.41) is 7.22. The third-order valence-corrected chi connectivity index (χ3v) is 4.21. The van der Waals surface area contributed by atoms with Crippen molar-refractivity contribution in [3.63, 3.8) is 0 Å². The molecule has 26 heavy (non-hydrogen) atoms. The molecule has 2 heterocycles. The van der Waals surface area contributed by atoms with Crippen molar-refractivity contribution >= 4 is 5.91 Å². The lowest BCUT2D eigenvalue weighted by molar-refractivity contribution is 0.0934. The lowest BCUT2D eigenvalue weighted by Gasteiger charge is -2.17. The summed E-state index contributed by atoms with van der Waals surface area (Å²) in [6.07, 6.45) is 5.69. The fourth-order valence-corrected chi connectivity index (χ4v) is 2.80. The number of carbonyl (C=O) groups is 1. The Hall–Kier alpha value is -3.22. The number of aryl methyl sites for hydroxylation is 1. The zero-order chi connectivity index (χ0) is 18.5. The van der Waals surface area contributed by atoms with Gasteiger partial charge in [-0.25, -0.2) is 9.97 Å². The molecule has 0 bridgehead atoms. The first kappa shape index (κ1) is 17.6. The molecule has 0 aliphatic carbocycles. The number of amides is 1. The summed E-state index contributed by atoms with van der Waals surface area (Å²) in [6, 6.07) is 9.05. The molecule has 0 aliphatic rings. The highest BCUT2D eigenvalue weighted by Gasteiger charge is 2.17. The number of ether oxygens (including phenoxy) is 1. The van der Waals surface area contributed by atoms with E-state index >= 15 is 0 Å². The van der Waals surface area contributed by atoms with Crippen LogP contribution in [0, 0.1) is 0 Å². The van der Waals surface area contributed by atoms with Crippen LogP contribution in [0.3, 0.4) is 0 Å². The van der Waals surface area contributed by atoms with Gasteiger partial charge in [0.2, 0.25) is 5.88 Å². The second kappa shape index (κ2) is 7.77. The average Bonchev–Trinajstić information content (AvgIpc) is 3.11. The number of methoxy groups -OCH3 is 1. The Labute approximate surface area is 152 Å². The Balaban J connectivity index is 1.78. The molecule has 134 valence electrons. The molecule has 3 rings (SSSR count). The largest absolute Gasteiger partial charge is 0.479 e. The summed E-state index contributed by atoms with van der Waals surface area (Å²) >= 11 is 0. The predicted octanol–water partition coefficient (Wildman–Crippen LogP) is 2.77. The summed E-state index contributed by atoms with van der Waals surface area (Å²) in [6.45, 7) is 2.03. The molecule has 0 saturated heterocycles. The first-order chi connectivity index (χ1) is 12.6. The van der Waals surface area contributed by atoms with Crippen LogP contribution in [0.25, 0.3) is 11.3 Å². The molecule has 0 saturated carbocycles. The minimum absolute atomic E-state index is 0.0882. The van der Waals surface area contributed by atoms with Crippen LogP contribution in [-0.4, -0.2) is 32.8 Å². The van der Waals surface area contributed by atoms with Crippen molar-refractivity contribution in [2.24, 2.45) is 7.05 Å². The maximum absolute atomic E-state index is 12.6. The van der Waals surface area contributed by atoms with Gasteiger partial charge in [0.05, 0.1) is 18.8 Å². The van der Waals surface area contributed by atoms with Crippen molar-refractivity contribution in [1.82, 2.24) is 25.1 Å². The predicted molar refractivity (Wildman–Crippen MR) is 97.7 cm³/mol. The molecule has 0 spiro atoms. The Morgan fingerprint density at radius 1 is 1.15 bits per heavy atom. The van der Waals surface area contributed by atoms with E-state index in [9.17, 15) is 4.79 Å². The second-order valence-corrected chi connectivity index (χ2v) is 5.81. The van der Waals surface area contributed by atoms with Gasteiger partial charge in [-0.05, 0) is 24.6 Å². The number of nitrogens with one attached hydrogen (secondary N) is 1. The topological polar surface area (TPSA) is 81.9 Å². The van der Waals surface area contributed by atoms with Crippen molar-refractivity contribution in [1.29, 1.82) is 0 Å². The maximum atomic E-state index is 12.6. The van der Waals surface area contributed by atoms with E-state index in [-0.39, 0.29) is 11.9 Å². The van der Waals surface area contributed by atoms with Crippen molar-refractivity contribution in [2.45, 2.75) is 19.4 Å². The zero-order valence-electron chi connectivity index (χ0n) is 15.0. The first-order valence-electron chi connectivity index (χ1n) is 8.38. The summed E-state index contributed by atoms with van der Waals surface area (Å²) in [5.41, 5.74) is 3.03. The van der Waals surface area contributed by atoms with E-state index < -0.39 is 0 Å². The molecule has 1 atom stereocenters. The third-order valence-electron chi connectivity index (χ3n) is 4.21. The number of rotatable bonds is 6. The highest BCUT2D eigenvalue weighted by molar-refractivity contribution is 5.94. The monoisotopic (exact) mass is 351 g/mol. The van der Waals surface area contributed by atoms with E-state index in [1.807, 2.05) is 32.2 Å². The van der Waals surface area contributed by atoms with Crippen LogP contribution >= 0.6 is 0 Å². The van der Waals surface area contributed by atoms with E-state index in [0.717, 1.165) is 17.7 Å². The van der Waals surface area contributed by atoms with Gasteiger partial charge in [0.1, 0.15) is 5.69 Å². The summed E-state index contributed by atoms with van der Waals surface area (Å²) in [4.78, 5) is 21.0. The fourth-order valence-electron chi connectivity index (χ4n) is 2.80. The van der Waals surface area contributed by atoms with Crippen LogP contribution in [0.15, 0.2) is 48.9 Å². The van der Waals surface area contributed by atoms with Gasteiger partial charge >= 0.3 is 0 Å². The molecule has 3 aromatic rings. The van der Waals surface area contributed by atoms with E-state index in [1.165, 1.54) is 0 Å². The minimum atomic E-state index is -0.129. The van der Waals surface area contributed by atoms with Crippen LogP contribution in [0.2, 0.25) is 0 Å². The zero-order valence-corrected chi connectivity index (χ0v) is 15.0. The molecule has 7 heteroatoms. The number of hydrogen-bond acceptors (Lipinski definition) is 5. The van der Waals surface area contributed by atoms with Gasteiger partial charge < -0.3 is 10.1 Å². The lowest BCUT2D eigenvalue weighted by Crippen LogP contribution is -2.29. The molecule has 7 nitrogen and oxygen atoms in total. The Kier molecular flexibility index (Phi) is 5.26. The molecular formula is C19H21N5O2. The molecule has 0 radical (unpaired) electrons. The van der Waals surface area contributed by atoms with E-state index in [2.05, 4.69) is 20.4 Å². The van der Waals surface area contributed by atoms with Crippen molar-refractivity contribution in [3.05, 3.63) is 60.2 Å². The fraction of sp³-hybridized carbons (Fsp3) is 0.263. The molecule has 1 amide bonds. The summed E-state index contributed by atoms with van der Waals surface area (Å²) in [7, 11) is 3.42. The second-order valence-electron chi connectivity index (χ2n) is 5.81. The lowest BCUT2D eigenvalue weighted by atomic mass is 10.1. The average molecular weight is 351 g/mol. The van der Waals surface area contributed by atoms with Crippen molar-refractivity contribution in [3.8, 4) is 17.1 Å². The van der Waals surface area contributed by atoms with Crippen LogP contribution < -0.4 is 10.1 Å². The molecular weight excluding hydrogens is 330 g/mol. The Morgan fingerprint density at radius 3 is 2.50 bits per heavy atom. The van der Waals surface area contributed by atoms with Crippen molar-refractivity contribution < 1.29 is 9.53 Å². The smallest absolute Gasteiger partial charge is 0.251 e. The molecule has 1 N–H and O–H groups in total. The van der Waals surface area contributed by atoms with Crippen LogP contribution in [0.4, 0.5) is 0 Å². The van der Waals surface area contributed by atoms with Crippen LogP contribution in [-0.2, 0) is 7.05 Å². The molecule has 0 unspecified atom stereocenters. The summed E-state index contributed by atoms with van der Waals surface area (Å²) < 4.78 is 7.01.